The number of carbonyl (C=O) groups is 4. The van der Waals surface area contributed by atoms with Crippen molar-refractivity contribution in [1.29, 1.82) is 0 Å². The number of allylic oxidation sites excluding steroid dienone is 1. The van der Waals surface area contributed by atoms with Crippen molar-refractivity contribution in [2.45, 2.75) is 126 Å². The number of ether oxygens (including phenoxy) is 3. The second-order valence-corrected chi connectivity index (χ2v) is 20.2. The van der Waals surface area contributed by atoms with Crippen LogP contribution in [0.3, 0.4) is 0 Å². The summed E-state index contributed by atoms with van der Waals surface area (Å²) in [5.41, 5.74) is -3.42. The number of halogens is 3. The predicted molar refractivity (Wildman–Crippen MR) is 223 cm³/mol. The smallest absolute Gasteiger partial charge is 0.427 e. The normalized spacial score (nSPS) is 28.0. The van der Waals surface area contributed by atoms with Gasteiger partial charge < -0.3 is 34.3 Å². The van der Waals surface area contributed by atoms with Gasteiger partial charge in [0.15, 0.2) is 0 Å². The number of aromatic nitrogens is 3. The van der Waals surface area contributed by atoms with Crippen LogP contribution in [0.1, 0.15) is 86.0 Å². The standard InChI is InChI=1S/C43H54F3N7O9S/c1-7-26-18-25(2)10-8-9-11-27-22-42(27,38(56)51-63(58,59)41(5)14-15-41)50-36(54)33-20-29(23-53(33)37(55)35(26)49-39(57)62-40(3,4)43(44,45)46)61-34-21-32(52-17-16-47-24-52)30-13-12-28(60-6)19-31(30)48-34/h9,11-13,16-17,19,21,24-27,29,33,35H,7-8,10,14-15,18,20,22-23H2,1-6H3,(H,49,57)(H,50,54)(H,51,56)/b11-9-/t25-,26-,27-,29-,33+,35+,42-/m1/s1. The lowest BCUT2D eigenvalue weighted by Crippen LogP contribution is -2.60. The third-order valence-corrected chi connectivity index (χ3v) is 15.1. The van der Waals surface area contributed by atoms with Crippen LogP contribution < -0.4 is 24.8 Å². The first-order chi connectivity index (χ1) is 29.6. The number of methoxy groups -OCH3 is 1. The molecule has 7 atom stereocenters. The lowest BCUT2D eigenvalue weighted by atomic mass is 9.85. The van der Waals surface area contributed by atoms with Gasteiger partial charge in [-0.1, -0.05) is 32.4 Å². The van der Waals surface area contributed by atoms with Crippen molar-refractivity contribution >= 4 is 44.7 Å². The van der Waals surface area contributed by atoms with E-state index in [-0.39, 0.29) is 31.2 Å². The Morgan fingerprint density at radius 2 is 1.86 bits per heavy atom. The Bertz CT molecular complexity index is 2390. The van der Waals surface area contributed by atoms with E-state index in [1.54, 1.807) is 54.5 Å². The van der Waals surface area contributed by atoms with Crippen LogP contribution >= 0.6 is 0 Å². The van der Waals surface area contributed by atoms with Crippen LogP contribution in [0.15, 0.2) is 55.1 Å². The van der Waals surface area contributed by atoms with E-state index in [0.717, 1.165) is 5.39 Å². The fourth-order valence-corrected chi connectivity index (χ4v) is 9.71. The molecule has 4 aliphatic rings. The van der Waals surface area contributed by atoms with Crippen molar-refractivity contribution in [2.75, 3.05) is 13.7 Å². The van der Waals surface area contributed by atoms with Crippen molar-refractivity contribution < 1.29 is 55.0 Å². The number of alkyl halides is 3. The number of nitrogens with zero attached hydrogens (tertiary/aromatic N) is 4. The number of hydrogen-bond acceptors (Lipinski definition) is 11. The second kappa shape index (κ2) is 17.0. The topological polar surface area (TPSA) is 200 Å². The molecule has 342 valence electrons. The Labute approximate surface area is 363 Å². The van der Waals surface area contributed by atoms with E-state index >= 15 is 4.79 Å². The van der Waals surface area contributed by atoms with Gasteiger partial charge in [-0.05, 0) is 83.3 Å². The fraction of sp³-hybridized carbons (Fsp3) is 0.581. The second-order valence-electron chi connectivity index (χ2n) is 18.0. The quantitative estimate of drug-likeness (QED) is 0.218. The molecule has 1 aromatic carbocycles. The summed E-state index contributed by atoms with van der Waals surface area (Å²) in [6.07, 6.45) is 3.82. The monoisotopic (exact) mass is 901 g/mol. The van der Waals surface area contributed by atoms with Gasteiger partial charge in [-0.15, -0.1) is 0 Å². The Kier molecular flexibility index (Phi) is 12.3. The van der Waals surface area contributed by atoms with E-state index in [2.05, 4.69) is 20.3 Å². The predicted octanol–water partition coefficient (Wildman–Crippen LogP) is 5.49. The van der Waals surface area contributed by atoms with Gasteiger partial charge in [-0.25, -0.2) is 23.2 Å². The molecule has 3 fully saturated rings. The summed E-state index contributed by atoms with van der Waals surface area (Å²) in [6.45, 7) is 6.44. The third-order valence-electron chi connectivity index (χ3n) is 13.0. The zero-order valence-electron chi connectivity index (χ0n) is 36.0. The summed E-state index contributed by atoms with van der Waals surface area (Å²) in [5.74, 6) is -3.04. The highest BCUT2D eigenvalue weighted by molar-refractivity contribution is 7.91. The van der Waals surface area contributed by atoms with Crippen LogP contribution in [0.2, 0.25) is 0 Å². The molecule has 0 radical (unpaired) electrons. The third kappa shape index (κ3) is 9.31. The van der Waals surface area contributed by atoms with Crippen LogP contribution in [-0.2, 0) is 29.1 Å². The minimum Gasteiger partial charge on any atom is -0.497 e. The number of rotatable bonds is 10. The number of benzene rings is 1. The Hall–Kier alpha value is -5.40. The van der Waals surface area contributed by atoms with Gasteiger partial charge >= 0.3 is 12.3 Å². The molecule has 4 amide bonds. The molecule has 2 saturated carbocycles. The van der Waals surface area contributed by atoms with Crippen molar-refractivity contribution in [2.24, 2.45) is 17.8 Å². The highest BCUT2D eigenvalue weighted by atomic mass is 32.2. The molecule has 20 heteroatoms. The van der Waals surface area contributed by atoms with Crippen molar-refractivity contribution in [3.05, 3.63) is 55.1 Å². The zero-order chi connectivity index (χ0) is 45.7. The molecule has 0 spiro atoms. The number of amides is 4. The SMILES string of the molecule is CC[C@@H]1C[C@H](C)CC/C=C\[C@@H]2C[C@@]2(C(=O)NS(=O)(=O)C2(C)CC2)NC(=O)[C@@H]2C[C@@H](Oc3cc(-n4ccnc4)c4ccc(OC)cc4n3)CN2C(=O)[C@H]1NC(=O)OC(C)(C)C(F)(F)F. The Balaban J connectivity index is 1.26. The fourth-order valence-electron chi connectivity index (χ4n) is 8.40. The van der Waals surface area contributed by atoms with E-state index in [1.165, 1.54) is 18.9 Å². The van der Waals surface area contributed by atoms with Gasteiger partial charge in [0.1, 0.15) is 29.5 Å². The molecule has 2 aliphatic heterocycles. The zero-order valence-corrected chi connectivity index (χ0v) is 36.8. The van der Waals surface area contributed by atoms with Crippen LogP contribution in [0, 0.1) is 17.8 Å². The summed E-state index contributed by atoms with van der Waals surface area (Å²) >= 11 is 0. The molecule has 7 rings (SSSR count). The number of sulfonamides is 1. The number of fused-ring (bicyclic) bond motifs is 3. The summed E-state index contributed by atoms with van der Waals surface area (Å²) in [4.78, 5) is 67.2. The summed E-state index contributed by atoms with van der Waals surface area (Å²) in [5, 5.41) is 5.99. The average Bonchev–Trinajstić information content (AvgIpc) is 3.97. The number of alkyl carbamates (subject to hydrolysis) is 1. The molecule has 2 aromatic heterocycles. The number of carbonyl (C=O) groups excluding carboxylic acids is 4. The van der Waals surface area contributed by atoms with E-state index in [4.69, 9.17) is 19.2 Å². The minimum absolute atomic E-state index is 0.0475. The number of pyridine rings is 1. The van der Waals surface area contributed by atoms with Gasteiger partial charge in [0.2, 0.25) is 33.3 Å². The Morgan fingerprint density at radius 1 is 1.11 bits per heavy atom. The molecule has 0 unspecified atom stereocenters. The molecule has 0 bridgehead atoms. The minimum atomic E-state index is -4.93. The lowest BCUT2D eigenvalue weighted by Gasteiger charge is -2.35. The van der Waals surface area contributed by atoms with E-state index in [0.29, 0.717) is 69.3 Å². The van der Waals surface area contributed by atoms with Crippen LogP contribution in [0.4, 0.5) is 18.0 Å². The Morgan fingerprint density at radius 3 is 2.51 bits per heavy atom. The van der Waals surface area contributed by atoms with Gasteiger partial charge in [0.25, 0.3) is 5.91 Å². The lowest BCUT2D eigenvalue weighted by molar-refractivity contribution is -0.244. The van der Waals surface area contributed by atoms with E-state index in [9.17, 15) is 36.0 Å². The molecule has 2 aliphatic carbocycles. The molecule has 3 aromatic rings. The van der Waals surface area contributed by atoms with Crippen LogP contribution in [0.25, 0.3) is 16.6 Å². The van der Waals surface area contributed by atoms with Gasteiger partial charge in [0, 0.05) is 42.3 Å². The molecule has 1 saturated heterocycles. The number of hydrogen-bond donors (Lipinski definition) is 3. The molecular weight excluding hydrogens is 848 g/mol. The first-order valence-electron chi connectivity index (χ1n) is 21.2. The van der Waals surface area contributed by atoms with Crippen LogP contribution in [0.5, 0.6) is 11.6 Å². The van der Waals surface area contributed by atoms with E-state index in [1.807, 2.05) is 19.1 Å². The maximum absolute atomic E-state index is 15.0. The highest BCUT2D eigenvalue weighted by Crippen LogP contribution is 2.48. The molecule has 4 heterocycles. The maximum Gasteiger partial charge on any atom is 0.427 e. The highest BCUT2D eigenvalue weighted by Gasteiger charge is 2.63. The number of imidazole rings is 1. The first kappa shape index (κ1) is 45.6. The maximum atomic E-state index is 15.0. The molecule has 16 nitrogen and oxygen atoms in total. The summed E-state index contributed by atoms with van der Waals surface area (Å²) in [6, 6.07) is 4.20. The van der Waals surface area contributed by atoms with Crippen LogP contribution in [-0.4, -0.2) is 106 Å². The summed E-state index contributed by atoms with van der Waals surface area (Å²) < 4.78 is 87.8. The summed E-state index contributed by atoms with van der Waals surface area (Å²) in [7, 11) is -2.58. The molecule has 63 heavy (non-hydrogen) atoms. The van der Waals surface area contributed by atoms with Crippen molar-refractivity contribution in [3.63, 3.8) is 0 Å². The van der Waals surface area contributed by atoms with Gasteiger partial charge in [0.05, 0.1) is 35.9 Å². The first-order valence-corrected chi connectivity index (χ1v) is 22.6. The number of nitrogens with one attached hydrogen (secondary N) is 3. The van der Waals surface area contributed by atoms with Gasteiger partial charge in [-0.2, -0.15) is 13.2 Å². The molecule has 3 N–H and O–H groups in total. The average molecular weight is 902 g/mol. The van der Waals surface area contributed by atoms with Gasteiger partial charge in [-0.3, -0.25) is 19.1 Å². The van der Waals surface area contributed by atoms with Crippen molar-refractivity contribution in [1.82, 2.24) is 34.8 Å². The van der Waals surface area contributed by atoms with Crippen molar-refractivity contribution in [3.8, 4) is 17.3 Å². The molecular formula is C43H54F3N7O9S. The largest absolute Gasteiger partial charge is 0.497 e. The van der Waals surface area contributed by atoms with E-state index < -0.39 is 85.9 Å².